The lowest BCUT2D eigenvalue weighted by Gasteiger charge is -2.39. The van der Waals surface area contributed by atoms with E-state index in [1.165, 1.54) is 5.56 Å². The second-order valence-corrected chi connectivity index (χ2v) is 9.01. The molecular weight excluding hydrogens is 362 g/mol. The summed E-state index contributed by atoms with van der Waals surface area (Å²) in [7, 11) is 0. The Morgan fingerprint density at radius 2 is 1.86 bits per heavy atom. The number of esters is 1. The molecule has 1 aliphatic heterocycles. The summed E-state index contributed by atoms with van der Waals surface area (Å²) in [5.74, 6) is -0.563. The van der Waals surface area contributed by atoms with Crippen LogP contribution in [-0.2, 0) is 20.7 Å². The Hall–Kier alpha value is -2.36. The molecule has 1 aliphatic carbocycles. The lowest BCUT2D eigenvalue weighted by Crippen LogP contribution is -2.38. The molecule has 1 N–H and O–H groups in total. The standard InChI is InChI=1S/C25H33NO3/c1-6-8-13-29-24(28)21-16(3)26-19-14-25(4,5)15-20(27)23(19)22(21)18-11-9-17(7-2)10-12-18/h9-12,22,26H,6-8,13-15H2,1-5H3. The summed E-state index contributed by atoms with van der Waals surface area (Å²) in [6.07, 6.45) is 4.05. The van der Waals surface area contributed by atoms with Gasteiger partial charge in [-0.1, -0.05) is 58.4 Å². The average Bonchev–Trinajstić information content (AvgIpc) is 2.66. The van der Waals surface area contributed by atoms with Crippen LogP contribution in [0.3, 0.4) is 0 Å². The number of benzene rings is 1. The number of nitrogens with one attached hydrogen (secondary N) is 1. The molecule has 2 aliphatic rings. The van der Waals surface area contributed by atoms with Gasteiger partial charge in [-0.25, -0.2) is 4.79 Å². The van der Waals surface area contributed by atoms with Crippen molar-refractivity contribution in [2.24, 2.45) is 5.41 Å². The predicted octanol–water partition coefficient (Wildman–Crippen LogP) is 5.20. The first-order valence-electron chi connectivity index (χ1n) is 10.8. The smallest absolute Gasteiger partial charge is 0.336 e. The fourth-order valence-corrected chi connectivity index (χ4v) is 4.37. The molecule has 0 bridgehead atoms. The van der Waals surface area contributed by atoms with Crippen molar-refractivity contribution in [1.82, 2.24) is 5.32 Å². The van der Waals surface area contributed by atoms with Gasteiger partial charge in [-0.05, 0) is 42.7 Å². The van der Waals surface area contributed by atoms with Gasteiger partial charge in [0.15, 0.2) is 5.78 Å². The number of unbranched alkanes of at least 4 members (excludes halogenated alkanes) is 1. The number of Topliss-reactive ketones (excluding diaryl/α,β-unsaturated/α-hetero) is 1. The van der Waals surface area contributed by atoms with Crippen molar-refractivity contribution in [3.05, 3.63) is 57.9 Å². The number of carbonyl (C=O) groups is 2. The highest BCUT2D eigenvalue weighted by Gasteiger charge is 2.43. The Labute approximate surface area is 174 Å². The van der Waals surface area contributed by atoms with Crippen LogP contribution in [-0.4, -0.2) is 18.4 Å². The van der Waals surface area contributed by atoms with Gasteiger partial charge in [0.2, 0.25) is 0 Å². The summed E-state index contributed by atoms with van der Waals surface area (Å²) in [6, 6.07) is 8.28. The molecule has 1 aromatic rings. The molecule has 156 valence electrons. The van der Waals surface area contributed by atoms with Crippen LogP contribution in [0.5, 0.6) is 0 Å². The van der Waals surface area contributed by atoms with Crippen LogP contribution >= 0.6 is 0 Å². The highest BCUT2D eigenvalue weighted by molar-refractivity contribution is 6.04. The fraction of sp³-hybridized carbons (Fsp3) is 0.520. The quantitative estimate of drug-likeness (QED) is 0.531. The van der Waals surface area contributed by atoms with E-state index in [0.717, 1.165) is 48.2 Å². The molecule has 4 nitrogen and oxygen atoms in total. The molecule has 0 aromatic heterocycles. The summed E-state index contributed by atoms with van der Waals surface area (Å²) < 4.78 is 5.57. The largest absolute Gasteiger partial charge is 0.462 e. The van der Waals surface area contributed by atoms with Crippen LogP contribution in [0.2, 0.25) is 0 Å². The highest BCUT2D eigenvalue weighted by atomic mass is 16.5. The number of hydrogen-bond donors (Lipinski definition) is 1. The zero-order valence-electron chi connectivity index (χ0n) is 18.4. The SMILES string of the molecule is CCCCOC(=O)C1=C(C)NC2=C(C(=O)CC(C)(C)C2)C1c1ccc(CC)cc1. The van der Waals surface area contributed by atoms with Crippen LogP contribution in [0.4, 0.5) is 0 Å². The van der Waals surface area contributed by atoms with E-state index in [1.54, 1.807) is 0 Å². The van der Waals surface area contributed by atoms with Crippen LogP contribution in [0.15, 0.2) is 46.8 Å². The van der Waals surface area contributed by atoms with Crippen molar-refractivity contribution in [3.8, 4) is 0 Å². The Bertz CT molecular complexity index is 859. The van der Waals surface area contributed by atoms with Gasteiger partial charge in [-0.2, -0.15) is 0 Å². The zero-order valence-corrected chi connectivity index (χ0v) is 18.4. The van der Waals surface area contributed by atoms with Crippen LogP contribution in [0.25, 0.3) is 0 Å². The molecule has 0 saturated carbocycles. The lowest BCUT2D eigenvalue weighted by molar-refractivity contribution is -0.139. The maximum atomic E-state index is 13.2. The average molecular weight is 396 g/mol. The highest BCUT2D eigenvalue weighted by Crippen LogP contribution is 2.46. The number of ether oxygens (including phenoxy) is 1. The van der Waals surface area contributed by atoms with Crippen LogP contribution in [0.1, 0.15) is 77.3 Å². The van der Waals surface area contributed by atoms with Gasteiger partial charge in [0.05, 0.1) is 12.2 Å². The molecule has 0 radical (unpaired) electrons. The van der Waals surface area contributed by atoms with E-state index in [0.29, 0.717) is 18.6 Å². The first-order valence-corrected chi connectivity index (χ1v) is 10.8. The van der Waals surface area contributed by atoms with Gasteiger partial charge in [-0.15, -0.1) is 0 Å². The summed E-state index contributed by atoms with van der Waals surface area (Å²) in [5.41, 5.74) is 5.18. The number of dihydropyridines is 1. The van der Waals surface area contributed by atoms with E-state index in [2.05, 4.69) is 57.3 Å². The normalized spacial score (nSPS) is 21.0. The van der Waals surface area contributed by atoms with Crippen molar-refractivity contribution in [1.29, 1.82) is 0 Å². The molecule has 1 aromatic carbocycles. The second kappa shape index (κ2) is 8.56. The summed E-state index contributed by atoms with van der Waals surface area (Å²) in [4.78, 5) is 26.3. The molecule has 0 fully saturated rings. The Morgan fingerprint density at radius 3 is 2.48 bits per heavy atom. The van der Waals surface area contributed by atoms with Gasteiger partial charge in [0.1, 0.15) is 0 Å². The molecule has 3 rings (SSSR count). The molecular formula is C25H33NO3. The van der Waals surface area contributed by atoms with E-state index in [-0.39, 0.29) is 23.1 Å². The first-order chi connectivity index (χ1) is 13.8. The first kappa shape index (κ1) is 21.4. The fourth-order valence-electron chi connectivity index (χ4n) is 4.37. The molecule has 0 spiro atoms. The minimum Gasteiger partial charge on any atom is -0.462 e. The summed E-state index contributed by atoms with van der Waals surface area (Å²) in [5, 5.41) is 3.39. The maximum Gasteiger partial charge on any atom is 0.336 e. The topological polar surface area (TPSA) is 55.4 Å². The summed E-state index contributed by atoms with van der Waals surface area (Å²) >= 11 is 0. The van der Waals surface area contributed by atoms with Gasteiger partial charge < -0.3 is 10.1 Å². The molecule has 1 heterocycles. The monoisotopic (exact) mass is 395 g/mol. The van der Waals surface area contributed by atoms with Gasteiger partial charge >= 0.3 is 5.97 Å². The van der Waals surface area contributed by atoms with E-state index >= 15 is 0 Å². The number of ketones is 1. The number of hydrogen-bond acceptors (Lipinski definition) is 4. The molecule has 4 heteroatoms. The van der Waals surface area contributed by atoms with Gasteiger partial charge in [0.25, 0.3) is 0 Å². The van der Waals surface area contributed by atoms with E-state index < -0.39 is 0 Å². The minimum absolute atomic E-state index is 0.0844. The second-order valence-electron chi connectivity index (χ2n) is 9.01. The maximum absolute atomic E-state index is 13.2. The Kier molecular flexibility index (Phi) is 6.30. The molecule has 0 amide bonds. The zero-order chi connectivity index (χ0) is 21.2. The molecule has 29 heavy (non-hydrogen) atoms. The van der Waals surface area contributed by atoms with E-state index in [1.807, 2.05) is 6.92 Å². The third-order valence-electron chi connectivity index (χ3n) is 5.91. The lowest BCUT2D eigenvalue weighted by atomic mass is 9.68. The third-order valence-corrected chi connectivity index (χ3v) is 5.91. The van der Waals surface area contributed by atoms with Crippen molar-refractivity contribution in [2.75, 3.05) is 6.61 Å². The molecule has 1 atom stereocenters. The molecule has 1 unspecified atom stereocenters. The van der Waals surface area contributed by atoms with E-state index in [9.17, 15) is 9.59 Å². The summed E-state index contributed by atoms with van der Waals surface area (Å²) in [6.45, 7) is 10.7. The van der Waals surface area contributed by atoms with Crippen LogP contribution in [0, 0.1) is 5.41 Å². The third kappa shape index (κ3) is 4.47. The number of aryl methyl sites for hydroxylation is 1. The number of rotatable bonds is 6. The predicted molar refractivity (Wildman–Crippen MR) is 115 cm³/mol. The minimum atomic E-state index is -0.366. The molecule has 0 saturated heterocycles. The van der Waals surface area contributed by atoms with Crippen molar-refractivity contribution < 1.29 is 14.3 Å². The van der Waals surface area contributed by atoms with Crippen molar-refractivity contribution >= 4 is 11.8 Å². The number of carbonyl (C=O) groups excluding carboxylic acids is 2. The van der Waals surface area contributed by atoms with Crippen molar-refractivity contribution in [3.63, 3.8) is 0 Å². The Balaban J connectivity index is 2.07. The van der Waals surface area contributed by atoms with Crippen molar-refractivity contribution in [2.45, 2.75) is 72.6 Å². The Morgan fingerprint density at radius 1 is 1.17 bits per heavy atom. The van der Waals surface area contributed by atoms with Gasteiger partial charge in [-0.3, -0.25) is 4.79 Å². The van der Waals surface area contributed by atoms with Crippen LogP contribution < -0.4 is 5.32 Å². The van der Waals surface area contributed by atoms with Gasteiger partial charge in [0, 0.05) is 29.3 Å². The van der Waals surface area contributed by atoms with E-state index in [4.69, 9.17) is 4.74 Å². The number of allylic oxidation sites excluding steroid dienone is 3.